The highest BCUT2D eigenvalue weighted by molar-refractivity contribution is 5.78. The molecule has 0 saturated carbocycles. The average Bonchev–Trinajstić information content (AvgIpc) is 2.70. The second-order valence-electron chi connectivity index (χ2n) is 7.94. The number of nitrogens with zero attached hydrogens (tertiary/aromatic N) is 1. The Labute approximate surface area is 168 Å². The second-order valence-corrected chi connectivity index (χ2v) is 7.94. The van der Waals surface area contributed by atoms with E-state index < -0.39 is 0 Å². The Morgan fingerprint density at radius 3 is 2.43 bits per heavy atom. The number of ether oxygens (including phenoxy) is 1. The van der Waals surface area contributed by atoms with Crippen LogP contribution in [0.1, 0.15) is 35.1 Å². The van der Waals surface area contributed by atoms with E-state index in [0.717, 1.165) is 43.8 Å². The van der Waals surface area contributed by atoms with E-state index in [1.165, 1.54) is 16.7 Å². The molecule has 0 aromatic heterocycles. The van der Waals surface area contributed by atoms with Crippen LogP contribution in [0.5, 0.6) is 5.75 Å². The molecule has 0 aliphatic carbocycles. The van der Waals surface area contributed by atoms with Crippen molar-refractivity contribution < 1.29 is 9.53 Å². The molecule has 4 heteroatoms. The summed E-state index contributed by atoms with van der Waals surface area (Å²) in [6, 6.07) is 14.9. The third kappa shape index (κ3) is 5.83. The molecule has 1 fully saturated rings. The number of carbonyl (C=O) groups excluding carboxylic acids is 1. The van der Waals surface area contributed by atoms with Crippen LogP contribution in [0.2, 0.25) is 0 Å². The highest BCUT2D eigenvalue weighted by Gasteiger charge is 2.24. The quantitative estimate of drug-likeness (QED) is 0.738. The molecule has 150 valence electrons. The smallest absolute Gasteiger partial charge is 0.223 e. The molecule has 1 aliphatic heterocycles. The van der Waals surface area contributed by atoms with Gasteiger partial charge in [-0.2, -0.15) is 0 Å². The van der Waals surface area contributed by atoms with E-state index in [2.05, 4.69) is 60.5 Å². The highest BCUT2D eigenvalue weighted by Crippen LogP contribution is 2.20. The fourth-order valence-corrected chi connectivity index (χ4v) is 3.65. The lowest BCUT2D eigenvalue weighted by Gasteiger charge is -2.31. The number of piperidine rings is 1. The Kier molecular flexibility index (Phi) is 7.10. The summed E-state index contributed by atoms with van der Waals surface area (Å²) >= 11 is 0. The third-order valence-electron chi connectivity index (χ3n) is 5.49. The first kappa shape index (κ1) is 20.4. The largest absolute Gasteiger partial charge is 0.491 e. The molecule has 3 rings (SSSR count). The Morgan fingerprint density at radius 2 is 1.71 bits per heavy atom. The summed E-state index contributed by atoms with van der Waals surface area (Å²) in [4.78, 5) is 14.9. The van der Waals surface area contributed by atoms with Crippen LogP contribution >= 0.6 is 0 Å². The Hall–Kier alpha value is -2.33. The van der Waals surface area contributed by atoms with E-state index in [1.807, 2.05) is 13.0 Å². The Bertz CT molecular complexity index is 778. The van der Waals surface area contributed by atoms with E-state index in [4.69, 9.17) is 4.74 Å². The Morgan fingerprint density at radius 1 is 1.04 bits per heavy atom. The predicted molar refractivity (Wildman–Crippen MR) is 114 cm³/mol. The van der Waals surface area contributed by atoms with Crippen molar-refractivity contribution in [2.75, 3.05) is 26.2 Å². The van der Waals surface area contributed by atoms with Gasteiger partial charge in [-0.15, -0.1) is 0 Å². The maximum absolute atomic E-state index is 12.4. The van der Waals surface area contributed by atoms with E-state index in [-0.39, 0.29) is 11.8 Å². The van der Waals surface area contributed by atoms with E-state index in [1.54, 1.807) is 0 Å². The van der Waals surface area contributed by atoms with Crippen molar-refractivity contribution in [2.24, 2.45) is 5.92 Å². The lowest BCUT2D eigenvalue weighted by Crippen LogP contribution is -2.41. The molecular weight excluding hydrogens is 348 g/mol. The lowest BCUT2D eigenvalue weighted by atomic mass is 9.95. The van der Waals surface area contributed by atoms with Crippen molar-refractivity contribution in [2.45, 2.75) is 40.2 Å². The van der Waals surface area contributed by atoms with Gasteiger partial charge in [0, 0.05) is 12.5 Å². The number of aryl methyl sites for hydroxylation is 3. The van der Waals surface area contributed by atoms with Gasteiger partial charge in [-0.05, 0) is 69.5 Å². The van der Waals surface area contributed by atoms with Gasteiger partial charge in [0.05, 0.1) is 6.54 Å². The molecule has 1 aliphatic rings. The molecule has 1 saturated heterocycles. The fourth-order valence-electron chi connectivity index (χ4n) is 3.65. The monoisotopic (exact) mass is 380 g/mol. The number of carbonyl (C=O) groups is 1. The molecule has 0 spiro atoms. The van der Waals surface area contributed by atoms with Crippen LogP contribution in [0.15, 0.2) is 42.5 Å². The van der Waals surface area contributed by atoms with Crippen molar-refractivity contribution in [3.63, 3.8) is 0 Å². The molecule has 28 heavy (non-hydrogen) atoms. The van der Waals surface area contributed by atoms with Gasteiger partial charge in [0.15, 0.2) is 0 Å². The molecule has 1 amide bonds. The minimum absolute atomic E-state index is 0.120. The van der Waals surface area contributed by atoms with Crippen LogP contribution in [-0.2, 0) is 11.3 Å². The summed E-state index contributed by atoms with van der Waals surface area (Å²) < 4.78 is 5.82. The van der Waals surface area contributed by atoms with Gasteiger partial charge in [-0.3, -0.25) is 9.69 Å². The zero-order valence-corrected chi connectivity index (χ0v) is 17.3. The maximum Gasteiger partial charge on any atom is 0.223 e. The molecule has 1 N–H and O–H groups in total. The minimum Gasteiger partial charge on any atom is -0.491 e. The van der Waals surface area contributed by atoms with E-state index in [0.29, 0.717) is 13.2 Å². The van der Waals surface area contributed by atoms with Crippen LogP contribution in [0.4, 0.5) is 0 Å². The number of likely N-dealkylation sites (tertiary alicyclic amines) is 1. The van der Waals surface area contributed by atoms with Gasteiger partial charge >= 0.3 is 0 Å². The van der Waals surface area contributed by atoms with Crippen molar-refractivity contribution in [3.05, 3.63) is 64.7 Å². The van der Waals surface area contributed by atoms with Crippen LogP contribution in [0.3, 0.4) is 0 Å². The minimum atomic E-state index is 0.120. The van der Waals surface area contributed by atoms with E-state index in [9.17, 15) is 4.79 Å². The number of benzene rings is 2. The number of hydrogen-bond donors (Lipinski definition) is 1. The fraction of sp³-hybridized carbons (Fsp3) is 0.458. The van der Waals surface area contributed by atoms with Gasteiger partial charge in [-0.25, -0.2) is 0 Å². The van der Waals surface area contributed by atoms with Crippen LogP contribution in [-0.4, -0.2) is 37.0 Å². The highest BCUT2D eigenvalue weighted by atomic mass is 16.5. The summed E-state index contributed by atoms with van der Waals surface area (Å²) in [7, 11) is 0. The molecule has 0 atom stereocenters. The Balaban J connectivity index is 1.35. The normalized spacial score (nSPS) is 15.4. The number of hydrogen-bond acceptors (Lipinski definition) is 3. The van der Waals surface area contributed by atoms with Crippen LogP contribution in [0.25, 0.3) is 0 Å². The first-order valence-corrected chi connectivity index (χ1v) is 10.3. The standard InChI is InChI=1S/C24H32N2O2/c1-18-5-8-21(9-6-18)17-26-13-10-22(11-14-26)24(27)25-12-15-28-23-16-19(2)4-7-20(23)3/h4-9,16,22H,10-15,17H2,1-3H3,(H,25,27). The predicted octanol–water partition coefficient (Wildman–Crippen LogP) is 4.02. The summed E-state index contributed by atoms with van der Waals surface area (Å²) in [6.07, 6.45) is 1.85. The third-order valence-corrected chi connectivity index (χ3v) is 5.49. The number of rotatable bonds is 7. The second kappa shape index (κ2) is 9.74. The zero-order chi connectivity index (χ0) is 19.9. The molecular formula is C24H32N2O2. The van der Waals surface area contributed by atoms with Crippen molar-refractivity contribution in [1.82, 2.24) is 10.2 Å². The van der Waals surface area contributed by atoms with Crippen molar-refractivity contribution in [1.29, 1.82) is 0 Å². The van der Waals surface area contributed by atoms with Gasteiger partial charge < -0.3 is 10.1 Å². The first-order valence-electron chi connectivity index (χ1n) is 10.3. The zero-order valence-electron chi connectivity index (χ0n) is 17.3. The number of nitrogens with one attached hydrogen (secondary N) is 1. The molecule has 1 heterocycles. The number of amides is 1. The van der Waals surface area contributed by atoms with Crippen molar-refractivity contribution >= 4 is 5.91 Å². The van der Waals surface area contributed by atoms with Gasteiger partial charge in [0.2, 0.25) is 5.91 Å². The van der Waals surface area contributed by atoms with E-state index >= 15 is 0 Å². The molecule has 0 bridgehead atoms. The summed E-state index contributed by atoms with van der Waals surface area (Å²) in [6.45, 7) is 10.2. The SMILES string of the molecule is Cc1ccc(CN2CCC(C(=O)NCCOc3cc(C)ccc3C)CC2)cc1. The molecule has 0 radical (unpaired) electrons. The summed E-state index contributed by atoms with van der Waals surface area (Å²) in [5.41, 5.74) is 4.94. The first-order chi connectivity index (χ1) is 13.5. The molecule has 4 nitrogen and oxygen atoms in total. The topological polar surface area (TPSA) is 41.6 Å². The average molecular weight is 381 g/mol. The lowest BCUT2D eigenvalue weighted by molar-refractivity contribution is -0.126. The molecule has 2 aromatic carbocycles. The molecule has 2 aromatic rings. The van der Waals surface area contributed by atoms with Crippen molar-refractivity contribution in [3.8, 4) is 5.75 Å². The van der Waals surface area contributed by atoms with Gasteiger partial charge in [0.1, 0.15) is 12.4 Å². The van der Waals surface area contributed by atoms with Gasteiger partial charge in [-0.1, -0.05) is 42.0 Å². The maximum atomic E-state index is 12.4. The summed E-state index contributed by atoms with van der Waals surface area (Å²) in [5.74, 6) is 1.19. The summed E-state index contributed by atoms with van der Waals surface area (Å²) in [5, 5.41) is 3.05. The molecule has 0 unspecified atom stereocenters. The van der Waals surface area contributed by atoms with Gasteiger partial charge in [0.25, 0.3) is 0 Å². The van der Waals surface area contributed by atoms with Crippen LogP contribution < -0.4 is 10.1 Å². The van der Waals surface area contributed by atoms with Crippen LogP contribution in [0, 0.1) is 26.7 Å².